The predicted octanol–water partition coefficient (Wildman–Crippen LogP) is 5.13. The lowest BCUT2D eigenvalue weighted by molar-refractivity contribution is -0.185. The van der Waals surface area contributed by atoms with Gasteiger partial charge in [-0.25, -0.2) is 0 Å². The Morgan fingerprint density at radius 1 is 1.23 bits per heavy atom. The molecule has 1 fully saturated rings. The van der Waals surface area contributed by atoms with Gasteiger partial charge in [-0.15, -0.1) is 0 Å². The predicted molar refractivity (Wildman–Crippen MR) is 106 cm³/mol. The molecule has 158 valence electrons. The van der Waals surface area contributed by atoms with Gasteiger partial charge in [0.2, 0.25) is 5.91 Å². The van der Waals surface area contributed by atoms with Crippen molar-refractivity contribution >= 4 is 22.5 Å². The number of carbonyl (C=O) groups excluding carboxylic acids is 1. The summed E-state index contributed by atoms with van der Waals surface area (Å²) in [5, 5.41) is 3.72. The Kier molecular flexibility index (Phi) is 4.97. The van der Waals surface area contributed by atoms with Crippen molar-refractivity contribution in [2.24, 2.45) is 5.92 Å². The summed E-state index contributed by atoms with van der Waals surface area (Å²) in [4.78, 5) is 15.6. The number of hydrogen-bond donors (Lipinski definition) is 2. The smallest absolute Gasteiger partial charge is 0.416 e. The number of carbonyl (C=O) groups is 1. The third-order valence-electron chi connectivity index (χ3n) is 5.38. The van der Waals surface area contributed by atoms with Crippen LogP contribution >= 0.6 is 0 Å². The number of rotatable bonds is 5. The van der Waals surface area contributed by atoms with Crippen LogP contribution in [0.25, 0.3) is 10.9 Å². The van der Waals surface area contributed by atoms with Crippen LogP contribution in [0.4, 0.5) is 18.9 Å². The molecule has 1 saturated heterocycles. The van der Waals surface area contributed by atoms with E-state index in [0.717, 1.165) is 23.0 Å². The fourth-order valence-electron chi connectivity index (χ4n) is 3.36. The van der Waals surface area contributed by atoms with Crippen LogP contribution in [0.15, 0.2) is 48.7 Å². The molecule has 1 aliphatic rings. The molecule has 0 saturated carbocycles. The van der Waals surface area contributed by atoms with Crippen LogP contribution in [-0.2, 0) is 22.3 Å². The molecule has 2 N–H and O–H groups in total. The van der Waals surface area contributed by atoms with Gasteiger partial charge < -0.3 is 19.8 Å². The lowest BCUT2D eigenvalue weighted by Gasteiger charge is -2.43. The van der Waals surface area contributed by atoms with Crippen molar-refractivity contribution in [3.05, 3.63) is 59.8 Å². The second-order valence-corrected chi connectivity index (χ2v) is 7.85. The summed E-state index contributed by atoms with van der Waals surface area (Å²) in [5.74, 6) is 0.217. The highest BCUT2D eigenvalue weighted by atomic mass is 19.4. The van der Waals surface area contributed by atoms with Crippen LogP contribution in [0.1, 0.15) is 25.0 Å². The van der Waals surface area contributed by atoms with E-state index in [4.69, 9.17) is 9.47 Å². The highest BCUT2D eigenvalue weighted by Crippen LogP contribution is 2.34. The molecule has 3 aromatic rings. The van der Waals surface area contributed by atoms with E-state index in [0.29, 0.717) is 23.6 Å². The zero-order valence-electron chi connectivity index (χ0n) is 16.5. The number of amides is 1. The number of aromatic nitrogens is 1. The van der Waals surface area contributed by atoms with Gasteiger partial charge in [0.1, 0.15) is 12.4 Å². The zero-order chi connectivity index (χ0) is 21.5. The van der Waals surface area contributed by atoms with Crippen molar-refractivity contribution in [1.82, 2.24) is 4.98 Å². The number of H-pyrrole nitrogens is 1. The molecule has 0 aliphatic carbocycles. The van der Waals surface area contributed by atoms with E-state index in [1.807, 2.05) is 19.9 Å². The van der Waals surface area contributed by atoms with E-state index in [1.54, 1.807) is 18.3 Å². The standard InChI is InChI=1S/C22H21F3N2O3/c1-21(2)17(12-30-21)20(28)27-19-10-26-18-8-7-15(9-16(18)19)29-11-13-3-5-14(6-4-13)22(23,24)25/h3-10,17,26H,11-12H2,1-2H3,(H,27,28). The lowest BCUT2D eigenvalue weighted by atomic mass is 9.85. The molecular weight excluding hydrogens is 397 g/mol. The minimum absolute atomic E-state index is 0.108. The SMILES string of the molecule is CC1(C)OCC1C(=O)Nc1c[nH]c2ccc(OCc3ccc(C(F)(F)F)cc3)cc12. The van der Waals surface area contributed by atoms with E-state index in [1.165, 1.54) is 12.1 Å². The van der Waals surface area contributed by atoms with Gasteiger partial charge in [0.25, 0.3) is 0 Å². The summed E-state index contributed by atoms with van der Waals surface area (Å²) >= 11 is 0. The number of ether oxygens (including phenoxy) is 2. The Balaban J connectivity index is 1.45. The quantitative estimate of drug-likeness (QED) is 0.604. The highest BCUT2D eigenvalue weighted by molar-refractivity contribution is 6.03. The molecule has 1 unspecified atom stereocenters. The van der Waals surface area contributed by atoms with E-state index < -0.39 is 17.3 Å². The van der Waals surface area contributed by atoms with Gasteiger partial charge in [-0.3, -0.25) is 4.79 Å². The molecule has 1 atom stereocenters. The van der Waals surface area contributed by atoms with Gasteiger partial charge in [-0.1, -0.05) is 12.1 Å². The second kappa shape index (κ2) is 7.36. The average Bonchev–Trinajstić information content (AvgIpc) is 3.07. The molecule has 5 nitrogen and oxygen atoms in total. The normalized spacial score (nSPS) is 18.1. The Morgan fingerprint density at radius 2 is 1.97 bits per heavy atom. The van der Waals surface area contributed by atoms with Crippen LogP contribution in [0.5, 0.6) is 5.75 Å². The zero-order valence-corrected chi connectivity index (χ0v) is 16.5. The van der Waals surface area contributed by atoms with Gasteiger partial charge >= 0.3 is 6.18 Å². The summed E-state index contributed by atoms with van der Waals surface area (Å²) in [6, 6.07) is 10.2. The van der Waals surface area contributed by atoms with Crippen LogP contribution in [-0.4, -0.2) is 23.1 Å². The van der Waals surface area contributed by atoms with Gasteiger partial charge in [-0.05, 0) is 49.7 Å². The van der Waals surface area contributed by atoms with Crippen molar-refractivity contribution in [1.29, 1.82) is 0 Å². The first-order valence-electron chi connectivity index (χ1n) is 9.48. The summed E-state index contributed by atoms with van der Waals surface area (Å²) in [6.07, 6.45) is -2.64. The third-order valence-corrected chi connectivity index (χ3v) is 5.38. The highest BCUT2D eigenvalue weighted by Gasteiger charge is 2.45. The minimum atomic E-state index is -4.36. The summed E-state index contributed by atoms with van der Waals surface area (Å²) in [7, 11) is 0. The fraction of sp³-hybridized carbons (Fsp3) is 0.318. The Labute approximate surface area is 171 Å². The van der Waals surface area contributed by atoms with Crippen molar-refractivity contribution in [3.8, 4) is 5.75 Å². The van der Waals surface area contributed by atoms with Crippen LogP contribution in [0, 0.1) is 5.92 Å². The molecule has 0 radical (unpaired) electrons. The van der Waals surface area contributed by atoms with Crippen LogP contribution < -0.4 is 10.1 Å². The van der Waals surface area contributed by atoms with Crippen LogP contribution in [0.3, 0.4) is 0 Å². The molecule has 2 aromatic carbocycles. The molecule has 8 heteroatoms. The molecule has 1 amide bonds. The topological polar surface area (TPSA) is 63.3 Å². The molecule has 0 bridgehead atoms. The molecule has 0 spiro atoms. The Hall–Kier alpha value is -3.00. The van der Waals surface area contributed by atoms with E-state index >= 15 is 0 Å². The Bertz CT molecular complexity index is 1070. The maximum atomic E-state index is 12.7. The molecule has 1 aromatic heterocycles. The van der Waals surface area contributed by atoms with Crippen molar-refractivity contribution in [3.63, 3.8) is 0 Å². The van der Waals surface area contributed by atoms with E-state index in [9.17, 15) is 18.0 Å². The monoisotopic (exact) mass is 418 g/mol. The largest absolute Gasteiger partial charge is 0.489 e. The second-order valence-electron chi connectivity index (χ2n) is 7.85. The third kappa shape index (κ3) is 4.00. The van der Waals surface area contributed by atoms with E-state index in [-0.39, 0.29) is 18.4 Å². The van der Waals surface area contributed by atoms with Crippen molar-refractivity contribution < 1.29 is 27.4 Å². The number of halogens is 3. The molecule has 30 heavy (non-hydrogen) atoms. The van der Waals surface area contributed by atoms with E-state index in [2.05, 4.69) is 10.3 Å². The van der Waals surface area contributed by atoms with Gasteiger partial charge in [-0.2, -0.15) is 13.2 Å². The lowest BCUT2D eigenvalue weighted by Crippen LogP contribution is -2.54. The number of anilines is 1. The maximum absolute atomic E-state index is 12.7. The molecule has 2 heterocycles. The van der Waals surface area contributed by atoms with Crippen molar-refractivity contribution in [2.45, 2.75) is 32.2 Å². The first kappa shape index (κ1) is 20.3. The summed E-state index contributed by atoms with van der Waals surface area (Å²) in [6.45, 7) is 4.28. The van der Waals surface area contributed by atoms with Crippen LogP contribution in [0.2, 0.25) is 0 Å². The molecule has 1 aliphatic heterocycles. The number of hydrogen-bond acceptors (Lipinski definition) is 3. The number of nitrogens with one attached hydrogen (secondary N) is 2. The number of aromatic amines is 1. The van der Waals surface area contributed by atoms with Gasteiger partial charge in [0.15, 0.2) is 0 Å². The molecule has 4 rings (SSSR count). The fourth-order valence-corrected chi connectivity index (χ4v) is 3.36. The first-order valence-corrected chi connectivity index (χ1v) is 9.48. The summed E-state index contributed by atoms with van der Waals surface area (Å²) < 4.78 is 49.2. The number of benzene rings is 2. The van der Waals surface area contributed by atoms with Gasteiger partial charge in [0.05, 0.1) is 29.4 Å². The Morgan fingerprint density at radius 3 is 2.57 bits per heavy atom. The maximum Gasteiger partial charge on any atom is 0.416 e. The van der Waals surface area contributed by atoms with Gasteiger partial charge in [0, 0.05) is 17.1 Å². The average molecular weight is 418 g/mol. The summed E-state index contributed by atoms with van der Waals surface area (Å²) in [5.41, 5.74) is 0.916. The number of fused-ring (bicyclic) bond motifs is 1. The number of alkyl halides is 3. The first-order chi connectivity index (χ1) is 14.1. The minimum Gasteiger partial charge on any atom is -0.489 e. The molecular formula is C22H21F3N2O3. The van der Waals surface area contributed by atoms with Crippen molar-refractivity contribution in [2.75, 3.05) is 11.9 Å².